The predicted molar refractivity (Wildman–Crippen MR) is 78.8 cm³/mol. The topological polar surface area (TPSA) is 55.4 Å². The van der Waals surface area contributed by atoms with Gasteiger partial charge in [0.2, 0.25) is 5.91 Å². The van der Waals surface area contributed by atoms with E-state index in [4.69, 9.17) is 16.3 Å². The smallest absolute Gasteiger partial charge is 0.307 e. The van der Waals surface area contributed by atoms with Crippen LogP contribution in [0.1, 0.15) is 43.8 Å². The van der Waals surface area contributed by atoms with E-state index in [2.05, 4.69) is 5.32 Å². The van der Waals surface area contributed by atoms with Gasteiger partial charge in [0, 0.05) is 11.1 Å². The van der Waals surface area contributed by atoms with Gasteiger partial charge in [-0.15, -0.1) is 0 Å². The van der Waals surface area contributed by atoms with E-state index in [0.29, 0.717) is 5.02 Å². The van der Waals surface area contributed by atoms with Crippen LogP contribution in [0.4, 0.5) is 0 Å². The summed E-state index contributed by atoms with van der Waals surface area (Å²) in [5.74, 6) is -0.839. The molecule has 21 heavy (non-hydrogen) atoms. The summed E-state index contributed by atoms with van der Waals surface area (Å²) in [5.41, 5.74) is 0.817. The summed E-state index contributed by atoms with van der Waals surface area (Å²) in [5, 5.41) is 3.68. The maximum absolute atomic E-state index is 12.4. The maximum atomic E-state index is 12.4. The SMILES string of the molecule is O=C1C[C@@H](C(=O)NC2CCCC2)[C@H](c2ccc(Cl)cc2)O1. The van der Waals surface area contributed by atoms with Crippen LogP contribution >= 0.6 is 11.6 Å². The fourth-order valence-electron chi connectivity index (χ4n) is 3.12. The number of halogens is 1. The molecule has 1 aromatic carbocycles. The van der Waals surface area contributed by atoms with Crippen LogP contribution in [0, 0.1) is 5.92 Å². The van der Waals surface area contributed by atoms with Gasteiger partial charge in [0.1, 0.15) is 6.10 Å². The Balaban J connectivity index is 1.73. The molecule has 1 N–H and O–H groups in total. The van der Waals surface area contributed by atoms with Crippen molar-refractivity contribution in [2.75, 3.05) is 0 Å². The third kappa shape index (κ3) is 3.21. The number of cyclic esters (lactones) is 1. The number of nitrogens with one attached hydrogen (secondary N) is 1. The van der Waals surface area contributed by atoms with Crippen LogP contribution in [-0.2, 0) is 14.3 Å². The lowest BCUT2D eigenvalue weighted by atomic mass is 9.94. The average Bonchev–Trinajstić information content (AvgIpc) is 3.09. The van der Waals surface area contributed by atoms with Gasteiger partial charge in [-0.1, -0.05) is 36.6 Å². The Morgan fingerprint density at radius 3 is 2.52 bits per heavy atom. The highest BCUT2D eigenvalue weighted by molar-refractivity contribution is 6.30. The number of ether oxygens (including phenoxy) is 1. The van der Waals surface area contributed by atoms with Crippen LogP contribution < -0.4 is 5.32 Å². The lowest BCUT2D eigenvalue weighted by Gasteiger charge is -2.20. The molecular formula is C16H18ClNO3. The summed E-state index contributed by atoms with van der Waals surface area (Å²) in [7, 11) is 0. The predicted octanol–water partition coefficient (Wildman–Crippen LogP) is 3.00. The van der Waals surface area contributed by atoms with Crippen LogP contribution in [0.3, 0.4) is 0 Å². The molecule has 2 fully saturated rings. The van der Waals surface area contributed by atoms with Crippen LogP contribution in [0.25, 0.3) is 0 Å². The van der Waals surface area contributed by atoms with Crippen LogP contribution in [0.15, 0.2) is 24.3 Å². The summed E-state index contributed by atoms with van der Waals surface area (Å²) in [6, 6.07) is 7.35. The number of hydrogen-bond donors (Lipinski definition) is 1. The number of esters is 1. The van der Waals surface area contributed by atoms with Gasteiger partial charge in [0.05, 0.1) is 12.3 Å². The molecule has 0 aromatic heterocycles. The zero-order valence-corrected chi connectivity index (χ0v) is 12.4. The van der Waals surface area contributed by atoms with Gasteiger partial charge >= 0.3 is 5.97 Å². The van der Waals surface area contributed by atoms with Crippen LogP contribution in [-0.4, -0.2) is 17.9 Å². The normalized spacial score (nSPS) is 25.9. The van der Waals surface area contributed by atoms with Crippen molar-refractivity contribution in [1.29, 1.82) is 0 Å². The molecule has 1 saturated heterocycles. The molecule has 0 bridgehead atoms. The summed E-state index contributed by atoms with van der Waals surface area (Å²) in [4.78, 5) is 24.0. The third-order valence-corrected chi connectivity index (χ3v) is 4.50. The first-order valence-corrected chi connectivity index (χ1v) is 7.76. The van der Waals surface area contributed by atoms with Gasteiger partial charge in [-0.3, -0.25) is 9.59 Å². The highest BCUT2D eigenvalue weighted by Gasteiger charge is 2.41. The first-order chi connectivity index (χ1) is 10.1. The molecule has 1 aromatic rings. The molecule has 1 saturated carbocycles. The molecule has 1 aliphatic heterocycles. The Morgan fingerprint density at radius 1 is 1.19 bits per heavy atom. The number of benzene rings is 1. The standard InChI is InChI=1S/C16H18ClNO3/c17-11-7-5-10(6-8-11)15-13(9-14(19)21-15)16(20)18-12-3-1-2-4-12/h5-8,12-13,15H,1-4,9H2,(H,18,20)/t13-,15+/m1/s1. The Morgan fingerprint density at radius 2 is 1.86 bits per heavy atom. The molecule has 2 aliphatic rings. The van der Waals surface area contributed by atoms with Crippen molar-refractivity contribution in [2.24, 2.45) is 5.92 Å². The van der Waals surface area contributed by atoms with Crippen molar-refractivity contribution in [3.8, 4) is 0 Å². The van der Waals surface area contributed by atoms with Crippen LogP contribution in [0.5, 0.6) is 0 Å². The van der Waals surface area contributed by atoms with E-state index < -0.39 is 12.0 Å². The second-order valence-corrected chi connectivity index (χ2v) is 6.20. The molecule has 0 radical (unpaired) electrons. The minimum atomic E-state index is -0.504. The molecule has 1 aliphatic carbocycles. The minimum Gasteiger partial charge on any atom is -0.457 e. The van der Waals surface area contributed by atoms with Crippen molar-refractivity contribution in [3.63, 3.8) is 0 Å². The number of amides is 1. The van der Waals surface area contributed by atoms with E-state index in [0.717, 1.165) is 31.2 Å². The summed E-state index contributed by atoms with van der Waals surface area (Å²) < 4.78 is 5.34. The number of hydrogen-bond acceptors (Lipinski definition) is 3. The molecule has 0 unspecified atom stereocenters. The fourth-order valence-corrected chi connectivity index (χ4v) is 3.25. The van der Waals surface area contributed by atoms with E-state index in [-0.39, 0.29) is 24.3 Å². The number of carbonyl (C=O) groups is 2. The third-order valence-electron chi connectivity index (χ3n) is 4.25. The van der Waals surface area contributed by atoms with E-state index >= 15 is 0 Å². The molecule has 4 nitrogen and oxygen atoms in total. The minimum absolute atomic E-state index is 0.0762. The second kappa shape index (κ2) is 6.06. The van der Waals surface area contributed by atoms with Crippen molar-refractivity contribution in [3.05, 3.63) is 34.9 Å². The molecule has 0 spiro atoms. The highest BCUT2D eigenvalue weighted by Crippen LogP contribution is 2.36. The number of rotatable bonds is 3. The molecule has 1 heterocycles. The van der Waals surface area contributed by atoms with E-state index in [9.17, 15) is 9.59 Å². The van der Waals surface area contributed by atoms with E-state index in [1.165, 1.54) is 0 Å². The zero-order valence-electron chi connectivity index (χ0n) is 11.7. The fraction of sp³-hybridized carbons (Fsp3) is 0.500. The summed E-state index contributed by atoms with van der Waals surface area (Å²) >= 11 is 5.87. The molecule has 112 valence electrons. The molecule has 5 heteroatoms. The Kier molecular flexibility index (Phi) is 4.15. The van der Waals surface area contributed by atoms with Gasteiger partial charge < -0.3 is 10.1 Å². The van der Waals surface area contributed by atoms with Gasteiger partial charge in [-0.05, 0) is 30.5 Å². The molecule has 1 amide bonds. The largest absolute Gasteiger partial charge is 0.457 e. The van der Waals surface area contributed by atoms with Gasteiger partial charge in [-0.2, -0.15) is 0 Å². The molecule has 2 atom stereocenters. The first kappa shape index (κ1) is 14.4. The summed E-state index contributed by atoms with van der Waals surface area (Å²) in [6.45, 7) is 0. The number of carbonyl (C=O) groups excluding carboxylic acids is 2. The maximum Gasteiger partial charge on any atom is 0.307 e. The van der Waals surface area contributed by atoms with Crippen LogP contribution in [0.2, 0.25) is 5.02 Å². The lowest BCUT2D eigenvalue weighted by Crippen LogP contribution is -2.38. The Bertz CT molecular complexity index is 537. The molecule has 3 rings (SSSR count). The monoisotopic (exact) mass is 307 g/mol. The van der Waals surface area contributed by atoms with E-state index in [1.807, 2.05) is 0 Å². The average molecular weight is 308 g/mol. The van der Waals surface area contributed by atoms with Crippen molar-refractivity contribution >= 4 is 23.5 Å². The Hall–Kier alpha value is -1.55. The molecular weight excluding hydrogens is 290 g/mol. The zero-order chi connectivity index (χ0) is 14.8. The van der Waals surface area contributed by atoms with Gasteiger partial charge in [0.15, 0.2) is 0 Å². The highest BCUT2D eigenvalue weighted by atomic mass is 35.5. The van der Waals surface area contributed by atoms with Gasteiger partial charge in [-0.25, -0.2) is 0 Å². The quantitative estimate of drug-likeness (QED) is 0.873. The lowest BCUT2D eigenvalue weighted by molar-refractivity contribution is -0.141. The Labute approximate surface area is 128 Å². The van der Waals surface area contributed by atoms with Crippen molar-refractivity contribution in [2.45, 2.75) is 44.2 Å². The van der Waals surface area contributed by atoms with E-state index in [1.54, 1.807) is 24.3 Å². The second-order valence-electron chi connectivity index (χ2n) is 5.76. The summed E-state index contributed by atoms with van der Waals surface area (Å²) in [6.07, 6.45) is 4.01. The van der Waals surface area contributed by atoms with Gasteiger partial charge in [0.25, 0.3) is 0 Å². The first-order valence-electron chi connectivity index (χ1n) is 7.39. The van der Waals surface area contributed by atoms with Crippen molar-refractivity contribution in [1.82, 2.24) is 5.32 Å². The van der Waals surface area contributed by atoms with Crippen molar-refractivity contribution < 1.29 is 14.3 Å².